The molecule has 0 aromatic heterocycles. The highest BCUT2D eigenvalue weighted by atomic mass is 127. The van der Waals surface area contributed by atoms with E-state index in [9.17, 15) is 4.39 Å². The van der Waals surface area contributed by atoms with Crippen molar-refractivity contribution in [2.45, 2.75) is 25.4 Å². The minimum Gasteiger partial charge on any atom is -0.310 e. The van der Waals surface area contributed by atoms with Gasteiger partial charge in [0.25, 0.3) is 0 Å². The summed E-state index contributed by atoms with van der Waals surface area (Å²) in [4.78, 5) is 0. The molecule has 0 saturated heterocycles. The normalized spacial score (nSPS) is 16.2. The number of halogens is 2. The molecule has 0 aliphatic heterocycles. The third kappa shape index (κ3) is 2.64. The Balaban J connectivity index is 2.03. The number of rotatable bonds is 3. The van der Waals surface area contributed by atoms with Gasteiger partial charge in [-0.1, -0.05) is 0 Å². The summed E-state index contributed by atoms with van der Waals surface area (Å²) in [7, 11) is 0. The summed E-state index contributed by atoms with van der Waals surface area (Å²) in [5.41, 5.74) is 0.777. The zero-order valence-electron chi connectivity index (χ0n) is 7.19. The molecule has 0 unspecified atom stereocenters. The maximum Gasteiger partial charge on any atom is 0.127 e. The lowest BCUT2D eigenvalue weighted by molar-refractivity contribution is 0.586. The molecule has 0 amide bonds. The molecule has 70 valence electrons. The minimum atomic E-state index is -0.103. The van der Waals surface area contributed by atoms with E-state index in [0.717, 1.165) is 9.13 Å². The predicted molar refractivity (Wildman–Crippen MR) is 59.0 cm³/mol. The third-order valence-electron chi connectivity index (χ3n) is 2.17. The third-order valence-corrected chi connectivity index (χ3v) is 2.84. The molecule has 0 radical (unpaired) electrons. The van der Waals surface area contributed by atoms with Gasteiger partial charge < -0.3 is 5.32 Å². The Kier molecular flexibility index (Phi) is 2.83. The smallest absolute Gasteiger partial charge is 0.127 e. The van der Waals surface area contributed by atoms with Crippen molar-refractivity contribution in [3.05, 3.63) is 33.1 Å². The van der Waals surface area contributed by atoms with Crippen LogP contribution in [0.5, 0.6) is 0 Å². The molecule has 1 aromatic carbocycles. The van der Waals surface area contributed by atoms with Crippen LogP contribution in [0.25, 0.3) is 0 Å². The average Bonchev–Trinajstić information content (AvgIpc) is 2.90. The molecule has 1 aliphatic carbocycles. The van der Waals surface area contributed by atoms with Gasteiger partial charge in [-0.3, -0.25) is 0 Å². The zero-order chi connectivity index (χ0) is 9.26. The lowest BCUT2D eigenvalue weighted by Crippen LogP contribution is -2.16. The lowest BCUT2D eigenvalue weighted by atomic mass is 10.2. The Hall–Kier alpha value is -0.160. The maximum atomic E-state index is 13.2. The van der Waals surface area contributed by atoms with Gasteiger partial charge in [-0.2, -0.15) is 0 Å². The standard InChI is InChI=1S/C10H11FIN/c11-10-4-1-8(12)5-7(10)6-13-9-2-3-9/h1,4-5,9,13H,2-3,6H2. The van der Waals surface area contributed by atoms with E-state index in [1.54, 1.807) is 6.07 Å². The summed E-state index contributed by atoms with van der Waals surface area (Å²) in [6.07, 6.45) is 2.48. The van der Waals surface area contributed by atoms with E-state index in [2.05, 4.69) is 27.9 Å². The summed E-state index contributed by atoms with van der Waals surface area (Å²) < 4.78 is 14.3. The molecule has 1 aromatic rings. The first-order chi connectivity index (χ1) is 6.25. The molecule has 0 bridgehead atoms. The molecule has 1 nitrogen and oxygen atoms in total. The van der Waals surface area contributed by atoms with Crippen molar-refractivity contribution in [1.29, 1.82) is 0 Å². The molecule has 1 fully saturated rings. The molecule has 13 heavy (non-hydrogen) atoms. The Morgan fingerprint density at radius 1 is 1.46 bits per heavy atom. The van der Waals surface area contributed by atoms with Gasteiger partial charge in [0.2, 0.25) is 0 Å². The van der Waals surface area contributed by atoms with Crippen LogP contribution in [-0.4, -0.2) is 6.04 Å². The van der Waals surface area contributed by atoms with Crippen LogP contribution in [0.15, 0.2) is 18.2 Å². The van der Waals surface area contributed by atoms with Crippen molar-refractivity contribution in [3.8, 4) is 0 Å². The molecule has 0 heterocycles. The topological polar surface area (TPSA) is 12.0 Å². The second-order valence-electron chi connectivity index (χ2n) is 3.39. The zero-order valence-corrected chi connectivity index (χ0v) is 9.34. The summed E-state index contributed by atoms with van der Waals surface area (Å²) in [6.45, 7) is 0.660. The second-order valence-corrected chi connectivity index (χ2v) is 4.64. The first-order valence-electron chi connectivity index (χ1n) is 4.43. The lowest BCUT2D eigenvalue weighted by Gasteiger charge is -2.04. The van der Waals surface area contributed by atoms with E-state index in [-0.39, 0.29) is 5.82 Å². The fourth-order valence-electron chi connectivity index (χ4n) is 1.22. The fourth-order valence-corrected chi connectivity index (χ4v) is 1.78. The molecule has 2 rings (SSSR count). The molecule has 3 heteroatoms. The van der Waals surface area contributed by atoms with Crippen LogP contribution >= 0.6 is 22.6 Å². The summed E-state index contributed by atoms with van der Waals surface area (Å²) in [5, 5.41) is 3.30. The Labute approximate surface area is 90.9 Å². The Bertz CT molecular complexity index is 310. The SMILES string of the molecule is Fc1ccc(I)cc1CNC1CC1. The largest absolute Gasteiger partial charge is 0.310 e. The molecule has 1 N–H and O–H groups in total. The van der Waals surface area contributed by atoms with Crippen molar-refractivity contribution in [1.82, 2.24) is 5.32 Å². The van der Waals surface area contributed by atoms with Crippen LogP contribution < -0.4 is 5.32 Å². The number of hydrogen-bond donors (Lipinski definition) is 1. The van der Waals surface area contributed by atoms with Gasteiger partial charge in [-0.15, -0.1) is 0 Å². The summed E-state index contributed by atoms with van der Waals surface area (Å²) in [6, 6.07) is 5.85. The minimum absolute atomic E-state index is 0.103. The number of nitrogens with one attached hydrogen (secondary N) is 1. The Morgan fingerprint density at radius 2 is 2.23 bits per heavy atom. The van der Waals surface area contributed by atoms with E-state index < -0.39 is 0 Å². The summed E-state index contributed by atoms with van der Waals surface area (Å²) >= 11 is 2.20. The van der Waals surface area contributed by atoms with Gasteiger partial charge in [0, 0.05) is 21.7 Å². The maximum absolute atomic E-state index is 13.2. The molecule has 0 atom stereocenters. The van der Waals surface area contributed by atoms with Crippen LogP contribution in [0.3, 0.4) is 0 Å². The van der Waals surface area contributed by atoms with E-state index in [0.29, 0.717) is 12.6 Å². The molecular weight excluding hydrogens is 280 g/mol. The van der Waals surface area contributed by atoms with Gasteiger partial charge in [0.1, 0.15) is 5.82 Å². The monoisotopic (exact) mass is 291 g/mol. The number of benzene rings is 1. The highest BCUT2D eigenvalue weighted by Crippen LogP contribution is 2.20. The van der Waals surface area contributed by atoms with Gasteiger partial charge in [0.05, 0.1) is 0 Å². The van der Waals surface area contributed by atoms with E-state index >= 15 is 0 Å². The van der Waals surface area contributed by atoms with Crippen LogP contribution in [0.1, 0.15) is 18.4 Å². The fraction of sp³-hybridized carbons (Fsp3) is 0.400. The van der Waals surface area contributed by atoms with Gasteiger partial charge in [0.15, 0.2) is 0 Å². The molecule has 1 saturated carbocycles. The first-order valence-corrected chi connectivity index (χ1v) is 5.51. The van der Waals surface area contributed by atoms with Crippen LogP contribution in [0, 0.1) is 9.39 Å². The van der Waals surface area contributed by atoms with Gasteiger partial charge in [-0.05, 0) is 53.6 Å². The van der Waals surface area contributed by atoms with Crippen LogP contribution in [-0.2, 0) is 6.54 Å². The first kappa shape index (κ1) is 9.40. The van der Waals surface area contributed by atoms with Crippen molar-refractivity contribution in [2.75, 3.05) is 0 Å². The molecule has 1 aliphatic rings. The van der Waals surface area contributed by atoms with Gasteiger partial charge >= 0.3 is 0 Å². The second kappa shape index (κ2) is 3.92. The van der Waals surface area contributed by atoms with Crippen LogP contribution in [0.2, 0.25) is 0 Å². The van der Waals surface area contributed by atoms with Crippen molar-refractivity contribution in [3.63, 3.8) is 0 Å². The quantitative estimate of drug-likeness (QED) is 0.844. The summed E-state index contributed by atoms with van der Waals surface area (Å²) in [5.74, 6) is -0.103. The van der Waals surface area contributed by atoms with Crippen molar-refractivity contribution >= 4 is 22.6 Å². The molecule has 0 spiro atoms. The van der Waals surface area contributed by atoms with E-state index in [1.807, 2.05) is 6.07 Å². The predicted octanol–water partition coefficient (Wildman–Crippen LogP) is 2.68. The molecular formula is C10H11FIN. The van der Waals surface area contributed by atoms with E-state index in [1.165, 1.54) is 18.9 Å². The van der Waals surface area contributed by atoms with Gasteiger partial charge in [-0.25, -0.2) is 4.39 Å². The van der Waals surface area contributed by atoms with Crippen molar-refractivity contribution < 1.29 is 4.39 Å². The number of hydrogen-bond acceptors (Lipinski definition) is 1. The average molecular weight is 291 g/mol. The van der Waals surface area contributed by atoms with E-state index in [4.69, 9.17) is 0 Å². The highest BCUT2D eigenvalue weighted by molar-refractivity contribution is 14.1. The van der Waals surface area contributed by atoms with Crippen molar-refractivity contribution in [2.24, 2.45) is 0 Å². The highest BCUT2D eigenvalue weighted by Gasteiger charge is 2.20. The van der Waals surface area contributed by atoms with Crippen LogP contribution in [0.4, 0.5) is 4.39 Å². The Morgan fingerprint density at radius 3 is 2.92 bits per heavy atom.